The van der Waals surface area contributed by atoms with Crippen LogP contribution in [0.5, 0.6) is 5.88 Å². The van der Waals surface area contributed by atoms with Crippen LogP contribution in [0.3, 0.4) is 0 Å². The minimum atomic E-state index is -0.232. The Hall–Kier alpha value is -1.78. The minimum Gasteiger partial charge on any atom is -0.472 e. The monoisotopic (exact) mass is 276 g/mol. The fourth-order valence-electron chi connectivity index (χ4n) is 1.86. The number of ether oxygens (including phenoxy) is 1. The molecule has 0 saturated heterocycles. The first-order chi connectivity index (χ1) is 9.42. The van der Waals surface area contributed by atoms with Gasteiger partial charge in [0.25, 0.3) is 0 Å². The van der Waals surface area contributed by atoms with E-state index in [0.717, 1.165) is 5.56 Å². The molecule has 20 heavy (non-hydrogen) atoms. The Morgan fingerprint density at radius 3 is 2.70 bits per heavy atom. The molecule has 0 radical (unpaired) electrons. The summed E-state index contributed by atoms with van der Waals surface area (Å²) in [5, 5.41) is 3.21. The fourth-order valence-corrected chi connectivity index (χ4v) is 1.86. The molecule has 0 amide bonds. The molecule has 0 aliphatic heterocycles. The molecule has 0 spiro atoms. The quantitative estimate of drug-likeness (QED) is 0.653. The highest BCUT2D eigenvalue weighted by atomic mass is 16.5. The minimum absolute atomic E-state index is 0.232. The van der Waals surface area contributed by atoms with Gasteiger partial charge in [-0.25, -0.2) is 9.98 Å². The van der Waals surface area contributed by atoms with Crippen LogP contribution in [0.4, 0.5) is 0 Å². The first-order valence-corrected chi connectivity index (χ1v) is 7.13. The largest absolute Gasteiger partial charge is 0.472 e. The molecule has 2 rings (SSSR count). The lowest BCUT2D eigenvalue weighted by Crippen LogP contribution is -2.43. The van der Waals surface area contributed by atoms with Crippen molar-refractivity contribution in [2.24, 2.45) is 10.7 Å². The molecule has 1 aliphatic carbocycles. The first kappa shape index (κ1) is 14.6. The van der Waals surface area contributed by atoms with Crippen molar-refractivity contribution in [1.82, 2.24) is 10.3 Å². The Balaban J connectivity index is 1.85. The van der Waals surface area contributed by atoms with E-state index in [4.69, 9.17) is 10.5 Å². The number of pyridine rings is 1. The average molecular weight is 276 g/mol. The summed E-state index contributed by atoms with van der Waals surface area (Å²) in [7, 11) is 0. The predicted octanol–water partition coefficient (Wildman–Crippen LogP) is 2.22. The first-order valence-electron chi connectivity index (χ1n) is 7.13. The van der Waals surface area contributed by atoms with Crippen LogP contribution < -0.4 is 15.8 Å². The third-order valence-electron chi connectivity index (χ3n) is 3.10. The van der Waals surface area contributed by atoms with Crippen molar-refractivity contribution >= 4 is 5.96 Å². The molecule has 1 aliphatic rings. The number of nitrogens with two attached hydrogens (primary N) is 1. The zero-order chi connectivity index (χ0) is 14.6. The van der Waals surface area contributed by atoms with Gasteiger partial charge in [0.2, 0.25) is 5.88 Å². The number of hydrogen-bond donors (Lipinski definition) is 2. The van der Waals surface area contributed by atoms with Crippen LogP contribution in [0.2, 0.25) is 0 Å². The van der Waals surface area contributed by atoms with Gasteiger partial charge in [0.15, 0.2) is 5.96 Å². The lowest BCUT2D eigenvalue weighted by atomic mass is 9.93. The van der Waals surface area contributed by atoms with Crippen molar-refractivity contribution in [2.45, 2.75) is 58.2 Å². The van der Waals surface area contributed by atoms with E-state index in [1.54, 1.807) is 6.20 Å². The standard InChI is InChI=1S/C15H24N4O/c1-15(2,3)20-13-8-7-11(9-17-13)10-18-14(16)19-12-5-4-6-12/h7-9,12H,4-6,10H2,1-3H3,(H3,16,18,19). The molecule has 110 valence electrons. The Morgan fingerprint density at radius 1 is 1.45 bits per heavy atom. The molecule has 0 unspecified atom stereocenters. The Kier molecular flexibility index (Phi) is 4.47. The predicted molar refractivity (Wildman–Crippen MR) is 80.7 cm³/mol. The molecule has 1 heterocycles. The number of aliphatic imine (C=N–C) groups is 1. The highest BCUT2D eigenvalue weighted by molar-refractivity contribution is 5.78. The number of aromatic nitrogens is 1. The second kappa shape index (κ2) is 6.11. The van der Waals surface area contributed by atoms with Gasteiger partial charge in [-0.2, -0.15) is 0 Å². The van der Waals surface area contributed by atoms with Crippen LogP contribution >= 0.6 is 0 Å². The average Bonchev–Trinajstić information content (AvgIpc) is 2.31. The maximum Gasteiger partial charge on any atom is 0.213 e. The van der Waals surface area contributed by atoms with Crippen LogP contribution in [0.1, 0.15) is 45.6 Å². The van der Waals surface area contributed by atoms with E-state index in [1.807, 2.05) is 32.9 Å². The maximum absolute atomic E-state index is 5.84. The third kappa shape index (κ3) is 4.72. The Bertz CT molecular complexity index is 458. The van der Waals surface area contributed by atoms with Gasteiger partial charge in [-0.1, -0.05) is 6.07 Å². The lowest BCUT2D eigenvalue weighted by Gasteiger charge is -2.26. The van der Waals surface area contributed by atoms with E-state index in [9.17, 15) is 0 Å². The molecule has 3 N–H and O–H groups in total. The van der Waals surface area contributed by atoms with E-state index in [2.05, 4.69) is 15.3 Å². The van der Waals surface area contributed by atoms with Crippen molar-refractivity contribution in [1.29, 1.82) is 0 Å². The molecule has 1 aromatic heterocycles. The van der Waals surface area contributed by atoms with Gasteiger partial charge in [0.05, 0.1) is 6.54 Å². The van der Waals surface area contributed by atoms with E-state index in [0.29, 0.717) is 24.4 Å². The summed E-state index contributed by atoms with van der Waals surface area (Å²) in [4.78, 5) is 8.60. The topological polar surface area (TPSA) is 72.5 Å². The van der Waals surface area contributed by atoms with Gasteiger partial charge in [0.1, 0.15) is 5.60 Å². The zero-order valence-corrected chi connectivity index (χ0v) is 12.5. The van der Waals surface area contributed by atoms with Crippen molar-refractivity contribution in [2.75, 3.05) is 0 Å². The van der Waals surface area contributed by atoms with Gasteiger partial charge < -0.3 is 15.8 Å². The van der Waals surface area contributed by atoms with Crippen molar-refractivity contribution in [3.05, 3.63) is 23.9 Å². The Labute approximate surface area is 120 Å². The summed E-state index contributed by atoms with van der Waals surface area (Å²) in [5.74, 6) is 1.15. The lowest BCUT2D eigenvalue weighted by molar-refractivity contribution is 0.124. The van der Waals surface area contributed by atoms with Gasteiger partial charge in [-0.3, -0.25) is 0 Å². The molecule has 0 atom stereocenters. The SMILES string of the molecule is CC(C)(C)Oc1ccc(CN=C(N)NC2CCC2)cn1. The van der Waals surface area contributed by atoms with Gasteiger partial charge in [0, 0.05) is 18.3 Å². The summed E-state index contributed by atoms with van der Waals surface area (Å²) < 4.78 is 5.67. The van der Waals surface area contributed by atoms with Crippen LogP contribution in [-0.4, -0.2) is 22.6 Å². The fraction of sp³-hybridized carbons (Fsp3) is 0.600. The summed E-state index contributed by atoms with van der Waals surface area (Å²) in [5.41, 5.74) is 6.62. The van der Waals surface area contributed by atoms with Crippen molar-refractivity contribution in [3.8, 4) is 5.88 Å². The maximum atomic E-state index is 5.84. The number of nitrogens with one attached hydrogen (secondary N) is 1. The molecule has 5 nitrogen and oxygen atoms in total. The summed E-state index contributed by atoms with van der Waals surface area (Å²) in [6, 6.07) is 4.35. The number of rotatable bonds is 4. The smallest absolute Gasteiger partial charge is 0.213 e. The molecular formula is C15H24N4O. The number of hydrogen-bond acceptors (Lipinski definition) is 3. The molecule has 1 fully saturated rings. The summed E-state index contributed by atoms with van der Waals surface area (Å²) in [6.07, 6.45) is 5.44. The third-order valence-corrected chi connectivity index (χ3v) is 3.10. The van der Waals surface area contributed by atoms with E-state index in [1.165, 1.54) is 19.3 Å². The second-order valence-corrected chi connectivity index (χ2v) is 6.19. The zero-order valence-electron chi connectivity index (χ0n) is 12.5. The van der Waals surface area contributed by atoms with Gasteiger partial charge in [-0.05, 0) is 45.6 Å². The highest BCUT2D eigenvalue weighted by Gasteiger charge is 2.17. The molecule has 1 saturated carbocycles. The van der Waals surface area contributed by atoms with E-state index >= 15 is 0 Å². The molecule has 5 heteroatoms. The number of nitrogens with zero attached hydrogens (tertiary/aromatic N) is 2. The normalized spacial score (nSPS) is 16.6. The molecule has 0 aromatic carbocycles. The summed E-state index contributed by atoms with van der Waals surface area (Å²) >= 11 is 0. The van der Waals surface area contributed by atoms with Crippen molar-refractivity contribution < 1.29 is 4.74 Å². The number of guanidine groups is 1. The second-order valence-electron chi connectivity index (χ2n) is 6.19. The highest BCUT2D eigenvalue weighted by Crippen LogP contribution is 2.18. The van der Waals surface area contributed by atoms with Crippen molar-refractivity contribution in [3.63, 3.8) is 0 Å². The van der Waals surface area contributed by atoms with Crippen LogP contribution in [0.15, 0.2) is 23.3 Å². The van der Waals surface area contributed by atoms with E-state index in [-0.39, 0.29) is 5.60 Å². The summed E-state index contributed by atoms with van der Waals surface area (Å²) in [6.45, 7) is 6.54. The Morgan fingerprint density at radius 2 is 2.20 bits per heavy atom. The van der Waals surface area contributed by atoms with Crippen LogP contribution in [0.25, 0.3) is 0 Å². The van der Waals surface area contributed by atoms with Crippen LogP contribution in [-0.2, 0) is 6.54 Å². The van der Waals surface area contributed by atoms with Gasteiger partial charge >= 0.3 is 0 Å². The van der Waals surface area contributed by atoms with E-state index < -0.39 is 0 Å². The van der Waals surface area contributed by atoms with Gasteiger partial charge in [-0.15, -0.1) is 0 Å². The molecule has 0 bridgehead atoms. The molecular weight excluding hydrogens is 252 g/mol. The molecule has 1 aromatic rings. The van der Waals surface area contributed by atoms with Crippen LogP contribution in [0, 0.1) is 0 Å².